The molecule has 0 aliphatic rings. The number of amides is 1. The SMILES string of the molecule is O=C(NCc1nc(-c2cccs2)no1)c1ccccc1NS(=O)(=O)c1ccccc1. The summed E-state index contributed by atoms with van der Waals surface area (Å²) in [5.74, 6) is 0.219. The molecular weight excluding hydrogens is 424 g/mol. The van der Waals surface area contributed by atoms with Gasteiger partial charge in [-0.1, -0.05) is 41.6 Å². The number of nitrogens with one attached hydrogen (secondary N) is 2. The molecule has 1 amide bonds. The van der Waals surface area contributed by atoms with Gasteiger partial charge in [-0.25, -0.2) is 8.42 Å². The number of anilines is 1. The number of carbonyl (C=O) groups is 1. The van der Waals surface area contributed by atoms with E-state index in [0.717, 1.165) is 4.88 Å². The van der Waals surface area contributed by atoms with Crippen molar-refractivity contribution < 1.29 is 17.7 Å². The van der Waals surface area contributed by atoms with Crippen molar-refractivity contribution in [2.75, 3.05) is 4.72 Å². The molecule has 0 saturated carbocycles. The van der Waals surface area contributed by atoms with E-state index in [-0.39, 0.29) is 28.6 Å². The molecule has 0 atom stereocenters. The van der Waals surface area contributed by atoms with Crippen molar-refractivity contribution in [3.63, 3.8) is 0 Å². The van der Waals surface area contributed by atoms with Gasteiger partial charge in [0, 0.05) is 0 Å². The average molecular weight is 441 g/mol. The molecule has 2 heterocycles. The Morgan fingerprint density at radius 1 is 1.00 bits per heavy atom. The Morgan fingerprint density at radius 2 is 1.77 bits per heavy atom. The minimum Gasteiger partial charge on any atom is -0.343 e. The molecule has 0 aliphatic heterocycles. The molecule has 2 aromatic heterocycles. The van der Waals surface area contributed by atoms with Gasteiger partial charge in [0.15, 0.2) is 0 Å². The fraction of sp³-hybridized carbons (Fsp3) is 0.0500. The summed E-state index contributed by atoms with van der Waals surface area (Å²) in [6.45, 7) is 0.0109. The molecule has 0 aliphatic carbocycles. The molecule has 0 bridgehead atoms. The van der Waals surface area contributed by atoms with E-state index in [1.165, 1.54) is 35.6 Å². The average Bonchev–Trinajstić information content (AvgIpc) is 3.45. The van der Waals surface area contributed by atoms with Crippen LogP contribution >= 0.6 is 11.3 Å². The van der Waals surface area contributed by atoms with Crippen molar-refractivity contribution in [1.29, 1.82) is 0 Å². The van der Waals surface area contributed by atoms with Gasteiger partial charge in [0.05, 0.1) is 27.6 Å². The number of sulfonamides is 1. The molecule has 0 fully saturated rings. The number of thiophene rings is 1. The third-order valence-electron chi connectivity index (χ3n) is 4.08. The van der Waals surface area contributed by atoms with E-state index in [2.05, 4.69) is 20.2 Å². The first-order valence-electron chi connectivity index (χ1n) is 8.84. The fourth-order valence-electron chi connectivity index (χ4n) is 2.66. The maximum absolute atomic E-state index is 12.7. The van der Waals surface area contributed by atoms with Crippen molar-refractivity contribution in [3.8, 4) is 10.7 Å². The van der Waals surface area contributed by atoms with Crippen molar-refractivity contribution in [3.05, 3.63) is 83.6 Å². The van der Waals surface area contributed by atoms with Crippen LogP contribution in [0.25, 0.3) is 10.7 Å². The minimum absolute atomic E-state index is 0.0109. The lowest BCUT2D eigenvalue weighted by molar-refractivity contribution is 0.0947. The van der Waals surface area contributed by atoms with Crippen LogP contribution in [0.5, 0.6) is 0 Å². The van der Waals surface area contributed by atoms with Crippen molar-refractivity contribution >= 4 is 33.0 Å². The van der Waals surface area contributed by atoms with Crippen molar-refractivity contribution in [2.24, 2.45) is 0 Å². The highest BCUT2D eigenvalue weighted by Crippen LogP contribution is 2.22. The van der Waals surface area contributed by atoms with E-state index < -0.39 is 15.9 Å². The van der Waals surface area contributed by atoms with Crippen LogP contribution in [0.15, 0.2) is 81.5 Å². The zero-order valence-electron chi connectivity index (χ0n) is 15.5. The monoisotopic (exact) mass is 440 g/mol. The number of aromatic nitrogens is 2. The van der Waals surface area contributed by atoms with Gasteiger partial charge in [0.1, 0.15) is 0 Å². The van der Waals surface area contributed by atoms with E-state index in [4.69, 9.17) is 4.52 Å². The van der Waals surface area contributed by atoms with Crippen LogP contribution in [-0.4, -0.2) is 24.5 Å². The van der Waals surface area contributed by atoms with Crippen LogP contribution in [0, 0.1) is 0 Å². The van der Waals surface area contributed by atoms with Crippen LogP contribution in [0.4, 0.5) is 5.69 Å². The molecular formula is C20H16N4O4S2. The molecule has 8 nitrogen and oxygen atoms in total. The molecule has 0 radical (unpaired) electrons. The molecule has 10 heteroatoms. The predicted octanol–water partition coefficient (Wildman–Crippen LogP) is 3.53. The Hall–Kier alpha value is -3.50. The number of para-hydroxylation sites is 1. The standard InChI is InChI=1S/C20H16N4O4S2/c25-20(21-13-18-22-19(23-28-18)17-11-6-12-29-17)15-9-4-5-10-16(15)24-30(26,27)14-7-2-1-3-8-14/h1-12,24H,13H2,(H,21,25). The predicted molar refractivity (Wildman–Crippen MR) is 112 cm³/mol. The minimum atomic E-state index is -3.83. The number of hydrogen-bond acceptors (Lipinski definition) is 7. The van der Waals surface area contributed by atoms with Crippen LogP contribution in [0.2, 0.25) is 0 Å². The zero-order chi connectivity index (χ0) is 21.0. The van der Waals surface area contributed by atoms with E-state index in [0.29, 0.717) is 5.82 Å². The van der Waals surface area contributed by atoms with Crippen LogP contribution in [-0.2, 0) is 16.6 Å². The second kappa shape index (κ2) is 8.47. The van der Waals surface area contributed by atoms with Gasteiger partial charge in [-0.2, -0.15) is 4.98 Å². The summed E-state index contributed by atoms with van der Waals surface area (Å²) in [5, 5.41) is 8.47. The summed E-state index contributed by atoms with van der Waals surface area (Å²) in [5.41, 5.74) is 0.346. The third-order valence-corrected chi connectivity index (χ3v) is 6.33. The lowest BCUT2D eigenvalue weighted by Gasteiger charge is -2.12. The smallest absolute Gasteiger partial charge is 0.261 e. The van der Waals surface area contributed by atoms with Gasteiger partial charge in [-0.15, -0.1) is 11.3 Å². The first-order chi connectivity index (χ1) is 14.5. The highest BCUT2D eigenvalue weighted by atomic mass is 32.2. The van der Waals surface area contributed by atoms with Gasteiger partial charge in [-0.3, -0.25) is 9.52 Å². The lowest BCUT2D eigenvalue weighted by Crippen LogP contribution is -2.25. The quantitative estimate of drug-likeness (QED) is 0.454. The maximum Gasteiger partial charge on any atom is 0.261 e. The number of hydrogen-bond donors (Lipinski definition) is 2. The largest absolute Gasteiger partial charge is 0.343 e. The summed E-state index contributed by atoms with van der Waals surface area (Å²) in [6.07, 6.45) is 0. The van der Waals surface area contributed by atoms with Crippen LogP contribution in [0.3, 0.4) is 0 Å². The molecule has 0 unspecified atom stereocenters. The molecule has 30 heavy (non-hydrogen) atoms. The van der Waals surface area contributed by atoms with Gasteiger partial charge in [0.25, 0.3) is 15.9 Å². The molecule has 2 aromatic carbocycles. The maximum atomic E-state index is 12.7. The molecule has 2 N–H and O–H groups in total. The Labute approximate surface area is 176 Å². The van der Waals surface area contributed by atoms with E-state index in [1.54, 1.807) is 30.3 Å². The van der Waals surface area contributed by atoms with E-state index >= 15 is 0 Å². The third kappa shape index (κ3) is 4.39. The van der Waals surface area contributed by atoms with Gasteiger partial charge in [-0.05, 0) is 35.7 Å². The van der Waals surface area contributed by atoms with Gasteiger partial charge >= 0.3 is 0 Å². The summed E-state index contributed by atoms with van der Waals surface area (Å²) in [6, 6.07) is 18.0. The van der Waals surface area contributed by atoms with Crippen LogP contribution in [0.1, 0.15) is 16.2 Å². The first-order valence-corrected chi connectivity index (χ1v) is 11.2. The van der Waals surface area contributed by atoms with Gasteiger partial charge in [0.2, 0.25) is 11.7 Å². The number of rotatable bonds is 7. The van der Waals surface area contributed by atoms with E-state index in [1.807, 2.05) is 17.5 Å². The normalized spacial score (nSPS) is 11.2. The molecule has 4 aromatic rings. The lowest BCUT2D eigenvalue weighted by atomic mass is 10.1. The topological polar surface area (TPSA) is 114 Å². The Morgan fingerprint density at radius 3 is 2.53 bits per heavy atom. The molecule has 152 valence electrons. The number of nitrogens with zero attached hydrogens (tertiary/aromatic N) is 2. The summed E-state index contributed by atoms with van der Waals surface area (Å²) >= 11 is 1.48. The second-order valence-corrected chi connectivity index (χ2v) is 8.77. The second-order valence-electron chi connectivity index (χ2n) is 6.14. The fourth-order valence-corrected chi connectivity index (χ4v) is 4.41. The Bertz CT molecular complexity index is 1250. The highest BCUT2D eigenvalue weighted by molar-refractivity contribution is 7.92. The molecule has 0 saturated heterocycles. The summed E-state index contributed by atoms with van der Waals surface area (Å²) < 4.78 is 32.8. The van der Waals surface area contributed by atoms with Crippen molar-refractivity contribution in [2.45, 2.75) is 11.4 Å². The Balaban J connectivity index is 1.47. The summed E-state index contributed by atoms with van der Waals surface area (Å²) in [7, 11) is -3.83. The van der Waals surface area contributed by atoms with E-state index in [9.17, 15) is 13.2 Å². The molecule has 4 rings (SSSR count). The number of carbonyl (C=O) groups excluding carboxylic acids is 1. The zero-order valence-corrected chi connectivity index (χ0v) is 17.1. The summed E-state index contributed by atoms with van der Waals surface area (Å²) in [4.78, 5) is 17.9. The van der Waals surface area contributed by atoms with Crippen LogP contribution < -0.4 is 10.0 Å². The highest BCUT2D eigenvalue weighted by Gasteiger charge is 2.19. The number of benzene rings is 2. The molecule has 0 spiro atoms. The van der Waals surface area contributed by atoms with Gasteiger partial charge < -0.3 is 9.84 Å². The van der Waals surface area contributed by atoms with Crippen molar-refractivity contribution in [1.82, 2.24) is 15.5 Å². The Kier molecular flexibility index (Phi) is 5.59. The first kappa shape index (κ1) is 19.8.